The third kappa shape index (κ3) is 4.62. The van der Waals surface area contributed by atoms with E-state index in [4.69, 9.17) is 9.47 Å². The number of hydrogen-bond donors (Lipinski definition) is 2. The fourth-order valence-corrected chi connectivity index (χ4v) is 3.07. The first-order valence-corrected chi connectivity index (χ1v) is 8.80. The van der Waals surface area contributed by atoms with Gasteiger partial charge in [-0.05, 0) is 44.2 Å². The van der Waals surface area contributed by atoms with Crippen molar-refractivity contribution in [3.63, 3.8) is 0 Å². The number of aryl methyl sites for hydroxylation is 1. The van der Waals surface area contributed by atoms with Crippen LogP contribution in [-0.2, 0) is 0 Å². The predicted molar refractivity (Wildman–Crippen MR) is 98.6 cm³/mol. The molecular weight excluding hydrogens is 332 g/mol. The monoisotopic (exact) mass is 356 g/mol. The van der Waals surface area contributed by atoms with Crippen molar-refractivity contribution in [2.24, 2.45) is 0 Å². The van der Waals surface area contributed by atoms with Crippen molar-refractivity contribution in [3.8, 4) is 11.8 Å². The second kappa shape index (κ2) is 8.51. The molecule has 0 spiro atoms. The van der Waals surface area contributed by atoms with E-state index in [0.29, 0.717) is 11.8 Å². The topological polar surface area (TPSA) is 85.4 Å². The van der Waals surface area contributed by atoms with Crippen molar-refractivity contribution in [3.05, 3.63) is 42.2 Å². The number of benzene rings is 1. The lowest BCUT2D eigenvalue weighted by molar-refractivity contribution is 0.129. The van der Waals surface area contributed by atoms with Gasteiger partial charge in [0.05, 0.1) is 7.11 Å². The molecule has 26 heavy (non-hydrogen) atoms. The van der Waals surface area contributed by atoms with Gasteiger partial charge < -0.3 is 20.1 Å². The number of carbonyl (C=O) groups is 1. The van der Waals surface area contributed by atoms with Gasteiger partial charge in [0.25, 0.3) is 11.8 Å². The number of ether oxygens (including phenoxy) is 2. The zero-order chi connectivity index (χ0) is 18.4. The molecule has 0 saturated heterocycles. The molecular formula is C19H24N4O3. The first kappa shape index (κ1) is 18.0. The molecule has 1 saturated carbocycles. The third-order valence-electron chi connectivity index (χ3n) is 4.51. The summed E-state index contributed by atoms with van der Waals surface area (Å²) in [6, 6.07) is 7.70. The number of nitrogens with one attached hydrogen (secondary N) is 2. The van der Waals surface area contributed by atoms with E-state index in [2.05, 4.69) is 20.6 Å². The minimum atomic E-state index is -0.167. The van der Waals surface area contributed by atoms with Crippen LogP contribution in [0.4, 0.5) is 10.5 Å². The van der Waals surface area contributed by atoms with Crippen LogP contribution < -0.4 is 20.1 Å². The van der Waals surface area contributed by atoms with Gasteiger partial charge >= 0.3 is 6.03 Å². The lowest BCUT2D eigenvalue weighted by Gasteiger charge is -2.29. The second-order valence-corrected chi connectivity index (χ2v) is 6.38. The molecule has 1 aromatic carbocycles. The molecule has 1 aromatic heterocycles. The lowest BCUT2D eigenvalue weighted by atomic mass is 9.93. The van der Waals surface area contributed by atoms with Crippen LogP contribution in [0.2, 0.25) is 0 Å². The summed E-state index contributed by atoms with van der Waals surface area (Å²) in [5.41, 5.74) is 1.87. The molecule has 1 aliphatic carbocycles. The highest BCUT2D eigenvalue weighted by Crippen LogP contribution is 2.27. The summed E-state index contributed by atoms with van der Waals surface area (Å²) in [5, 5.41) is 5.95. The molecule has 0 aliphatic heterocycles. The fraction of sp³-hybridized carbons (Fsp3) is 0.421. The van der Waals surface area contributed by atoms with E-state index in [1.807, 2.05) is 31.2 Å². The Morgan fingerprint density at radius 1 is 1.08 bits per heavy atom. The quantitative estimate of drug-likeness (QED) is 0.858. The normalized spacial score (nSPS) is 19.5. The summed E-state index contributed by atoms with van der Waals surface area (Å²) in [4.78, 5) is 20.5. The Bertz CT molecular complexity index is 745. The van der Waals surface area contributed by atoms with Crippen LogP contribution in [0.25, 0.3) is 0 Å². The molecule has 2 amide bonds. The summed E-state index contributed by atoms with van der Waals surface area (Å²) in [6.07, 6.45) is 6.60. The minimum Gasteiger partial charge on any atom is -0.477 e. The van der Waals surface area contributed by atoms with E-state index in [1.54, 1.807) is 19.5 Å². The Balaban J connectivity index is 1.46. The Hall–Kier alpha value is -2.83. The van der Waals surface area contributed by atoms with Crippen LogP contribution in [-0.4, -0.2) is 35.3 Å². The Kier molecular flexibility index (Phi) is 5.88. The molecule has 7 heteroatoms. The van der Waals surface area contributed by atoms with E-state index in [9.17, 15) is 4.79 Å². The Labute approximate surface area is 153 Å². The number of urea groups is 1. The number of rotatable bonds is 5. The molecule has 1 aliphatic rings. The van der Waals surface area contributed by atoms with Crippen molar-refractivity contribution in [1.29, 1.82) is 0 Å². The molecule has 138 valence electrons. The maximum Gasteiger partial charge on any atom is 0.319 e. The molecule has 0 radical (unpaired) electrons. The summed E-state index contributed by atoms with van der Waals surface area (Å²) in [6.45, 7) is 1.97. The highest BCUT2D eigenvalue weighted by molar-refractivity contribution is 5.90. The van der Waals surface area contributed by atoms with Crippen LogP contribution in [0.1, 0.15) is 31.2 Å². The van der Waals surface area contributed by atoms with E-state index in [0.717, 1.165) is 36.9 Å². The fourth-order valence-electron chi connectivity index (χ4n) is 3.07. The maximum atomic E-state index is 12.2. The van der Waals surface area contributed by atoms with E-state index in [1.165, 1.54) is 0 Å². The van der Waals surface area contributed by atoms with Crippen LogP contribution in [0, 0.1) is 6.92 Å². The Morgan fingerprint density at radius 2 is 1.77 bits per heavy atom. The molecule has 0 atom stereocenters. The summed E-state index contributed by atoms with van der Waals surface area (Å²) in [5.74, 6) is 0.814. The van der Waals surface area contributed by atoms with Crippen molar-refractivity contribution >= 4 is 11.7 Å². The minimum absolute atomic E-state index is 0.0538. The first-order chi connectivity index (χ1) is 12.7. The zero-order valence-electron chi connectivity index (χ0n) is 15.1. The molecule has 3 rings (SSSR count). The second-order valence-electron chi connectivity index (χ2n) is 6.38. The predicted octanol–water partition coefficient (Wildman–Crippen LogP) is 3.31. The summed E-state index contributed by atoms with van der Waals surface area (Å²) < 4.78 is 11.1. The number of nitrogens with zero attached hydrogens (tertiary/aromatic N) is 2. The number of hydrogen-bond acceptors (Lipinski definition) is 5. The van der Waals surface area contributed by atoms with Gasteiger partial charge in [-0.1, -0.05) is 18.2 Å². The smallest absolute Gasteiger partial charge is 0.319 e. The maximum absolute atomic E-state index is 12.2. The standard InChI is InChI=1S/C19H24N4O3/c1-13-5-3-4-6-16(13)23-19(24)22-14-7-9-15(10-8-14)26-18-17(25-2)20-11-12-21-18/h3-6,11-12,14-15H,7-10H2,1-2H3,(H2,22,23,24). The number of amides is 2. The van der Waals surface area contributed by atoms with Gasteiger partial charge in [0.2, 0.25) is 0 Å². The largest absolute Gasteiger partial charge is 0.477 e. The number of aromatic nitrogens is 2. The number of anilines is 1. The van der Waals surface area contributed by atoms with Gasteiger partial charge in [-0.15, -0.1) is 0 Å². The van der Waals surface area contributed by atoms with Gasteiger partial charge in [0.15, 0.2) is 0 Å². The number of para-hydroxylation sites is 1. The number of methoxy groups -OCH3 is 1. The van der Waals surface area contributed by atoms with Crippen molar-refractivity contribution in [2.75, 3.05) is 12.4 Å². The van der Waals surface area contributed by atoms with Gasteiger partial charge in [0, 0.05) is 24.1 Å². The van der Waals surface area contributed by atoms with Crippen molar-refractivity contribution in [1.82, 2.24) is 15.3 Å². The number of carbonyl (C=O) groups excluding carboxylic acids is 1. The van der Waals surface area contributed by atoms with Crippen LogP contribution in [0.5, 0.6) is 11.8 Å². The first-order valence-electron chi connectivity index (χ1n) is 8.80. The molecule has 2 aromatic rings. The lowest BCUT2D eigenvalue weighted by Crippen LogP contribution is -2.41. The van der Waals surface area contributed by atoms with E-state index in [-0.39, 0.29) is 18.2 Å². The van der Waals surface area contributed by atoms with Gasteiger partial charge in [-0.3, -0.25) is 0 Å². The molecule has 0 bridgehead atoms. The molecule has 1 heterocycles. The van der Waals surface area contributed by atoms with Crippen molar-refractivity contribution < 1.29 is 14.3 Å². The van der Waals surface area contributed by atoms with Gasteiger partial charge in [-0.25, -0.2) is 14.8 Å². The van der Waals surface area contributed by atoms with Gasteiger partial charge in [-0.2, -0.15) is 0 Å². The molecule has 7 nitrogen and oxygen atoms in total. The molecule has 2 N–H and O–H groups in total. The summed E-state index contributed by atoms with van der Waals surface area (Å²) in [7, 11) is 1.55. The van der Waals surface area contributed by atoms with E-state index < -0.39 is 0 Å². The van der Waals surface area contributed by atoms with Crippen LogP contribution >= 0.6 is 0 Å². The third-order valence-corrected chi connectivity index (χ3v) is 4.51. The van der Waals surface area contributed by atoms with Crippen molar-refractivity contribution in [2.45, 2.75) is 44.8 Å². The average Bonchev–Trinajstić information content (AvgIpc) is 2.66. The van der Waals surface area contributed by atoms with Crippen LogP contribution in [0.15, 0.2) is 36.7 Å². The highest BCUT2D eigenvalue weighted by atomic mass is 16.5. The summed E-state index contributed by atoms with van der Waals surface area (Å²) >= 11 is 0. The SMILES string of the molecule is COc1nccnc1OC1CCC(NC(=O)Nc2ccccc2C)CC1. The average molecular weight is 356 g/mol. The molecule has 1 fully saturated rings. The van der Waals surface area contributed by atoms with Crippen LogP contribution in [0.3, 0.4) is 0 Å². The van der Waals surface area contributed by atoms with E-state index >= 15 is 0 Å². The molecule has 0 unspecified atom stereocenters. The Morgan fingerprint density at radius 3 is 2.46 bits per heavy atom. The highest BCUT2D eigenvalue weighted by Gasteiger charge is 2.25. The zero-order valence-corrected chi connectivity index (χ0v) is 15.1. The van der Waals surface area contributed by atoms with Gasteiger partial charge in [0.1, 0.15) is 6.10 Å².